The zero-order valence-electron chi connectivity index (χ0n) is 52.3. The Morgan fingerprint density at radius 1 is 0.709 bits per heavy atom. The van der Waals surface area contributed by atoms with Crippen LogP contribution in [-0.2, 0) is 57.0 Å². The van der Waals surface area contributed by atoms with E-state index in [0.717, 1.165) is 30.2 Å². The molecule has 23 nitrogen and oxygen atoms in total. The van der Waals surface area contributed by atoms with E-state index in [1.807, 2.05) is 48.5 Å². The fraction of sp³-hybridized carbons (Fsp3) is 0.857. The number of aliphatic hydroxyl groups is 11. The summed E-state index contributed by atoms with van der Waals surface area (Å²) < 4.78 is 54.8. The van der Waals surface area contributed by atoms with Crippen molar-refractivity contribution in [3.8, 4) is 0 Å². The molecule has 8 aliphatic rings. The van der Waals surface area contributed by atoms with Gasteiger partial charge < -0.3 is 98.8 Å². The number of hydrogen-bond acceptors (Lipinski definition) is 23. The first-order valence-corrected chi connectivity index (χ1v) is 30.9. The molecule has 0 bridgehead atoms. The number of hydrogen-bond donors (Lipinski definition) is 11. The molecule has 27 atom stereocenters. The first-order chi connectivity index (χ1) is 40.2. The smallest absolute Gasteiger partial charge is 0.337 e. The summed E-state index contributed by atoms with van der Waals surface area (Å²) >= 11 is 0. The average molecular weight is 1230 g/mol. The summed E-state index contributed by atoms with van der Waals surface area (Å²) in [4.78, 5) is 41.7. The molecule has 0 radical (unpaired) electrons. The Morgan fingerprint density at radius 3 is 1.90 bits per heavy atom. The van der Waals surface area contributed by atoms with Crippen LogP contribution in [0.15, 0.2) is 34.9 Å². The van der Waals surface area contributed by atoms with E-state index in [2.05, 4.69) is 39.8 Å². The van der Waals surface area contributed by atoms with E-state index in [4.69, 9.17) is 42.6 Å². The third-order valence-corrected chi connectivity index (χ3v) is 22.5. The predicted octanol–water partition coefficient (Wildman–Crippen LogP) is 2.16. The van der Waals surface area contributed by atoms with Crippen molar-refractivity contribution in [1.82, 2.24) is 0 Å². The van der Waals surface area contributed by atoms with Crippen LogP contribution in [0.1, 0.15) is 141 Å². The number of rotatable bonds is 18. The highest BCUT2D eigenvalue weighted by Crippen LogP contribution is 2.76. The Bertz CT molecular complexity index is 2510. The second-order valence-corrected chi connectivity index (χ2v) is 28.4. The molecule has 2 unspecified atom stereocenters. The zero-order chi connectivity index (χ0) is 63.7. The van der Waals surface area contributed by atoms with Crippen molar-refractivity contribution in [2.24, 2.45) is 56.2 Å². The van der Waals surface area contributed by atoms with Crippen LogP contribution in [0.25, 0.3) is 0 Å². The molecule has 0 aromatic heterocycles. The number of carbonyl (C=O) groups excluding carboxylic acids is 3. The van der Waals surface area contributed by atoms with Gasteiger partial charge in [0.25, 0.3) is 0 Å². The van der Waals surface area contributed by atoms with Crippen molar-refractivity contribution in [1.29, 1.82) is 0 Å². The molecule has 490 valence electrons. The van der Waals surface area contributed by atoms with E-state index in [9.17, 15) is 70.6 Å². The summed E-state index contributed by atoms with van der Waals surface area (Å²) in [5.41, 5.74) is -2.86. The van der Waals surface area contributed by atoms with Gasteiger partial charge in [0.1, 0.15) is 67.1 Å². The molecule has 0 spiro atoms. The normalized spacial score (nSPS) is 46.5. The van der Waals surface area contributed by atoms with Crippen LogP contribution in [-0.4, -0.2) is 218 Å². The van der Waals surface area contributed by atoms with Crippen LogP contribution in [0.2, 0.25) is 0 Å². The van der Waals surface area contributed by atoms with Gasteiger partial charge >= 0.3 is 17.9 Å². The molecule has 3 saturated heterocycles. The minimum absolute atomic E-state index is 0.122. The molecule has 7 fully saturated rings. The highest BCUT2D eigenvalue weighted by Gasteiger charge is 2.76. The Kier molecular flexibility index (Phi) is 20.7. The van der Waals surface area contributed by atoms with Crippen molar-refractivity contribution in [2.45, 2.75) is 257 Å². The minimum atomic E-state index is -1.99. The SMILES string of the molecule is CCC(C)C(=O)O[C@H]1[C@H](OC(=O)/C=C(\C)CCC=C(C)C)C(C)(C)C[C@H]2C3=CC[C@@H]4[C@@]5(C)CC[C@H](O[C@@H]6O[C@H](C(=O)OC)[C@@H](O[C@@H]7O[C@@H](CO)[C@H](O)[C@H]7O)[C@H](O)[C@H]6O[C@@H]6O[C@H](CO)[C@@H](O)[C@H](O)[C@H]6O)C(C)(C)C5CC[C@@]4(C)[C@]3(C)[C@@H](O)[C@@H](O)[C@]21CO. The van der Waals surface area contributed by atoms with Gasteiger partial charge in [-0.3, -0.25) is 4.79 Å². The zero-order valence-corrected chi connectivity index (χ0v) is 52.3. The van der Waals surface area contributed by atoms with E-state index >= 15 is 0 Å². The minimum Gasteiger partial charge on any atom is -0.467 e. The predicted molar refractivity (Wildman–Crippen MR) is 304 cm³/mol. The molecule has 4 saturated carbocycles. The van der Waals surface area contributed by atoms with Crippen molar-refractivity contribution in [2.75, 3.05) is 26.9 Å². The van der Waals surface area contributed by atoms with Gasteiger partial charge in [0, 0.05) is 16.9 Å². The average Bonchev–Trinajstić information content (AvgIpc) is 0.712. The lowest BCUT2D eigenvalue weighted by Gasteiger charge is -2.73. The number of aliphatic hydroxyl groups excluding tert-OH is 11. The number of methoxy groups -OCH3 is 1. The topological polar surface area (TPSA) is 357 Å². The molecule has 86 heavy (non-hydrogen) atoms. The summed E-state index contributed by atoms with van der Waals surface area (Å²) in [6.07, 6.45) is -20.5. The largest absolute Gasteiger partial charge is 0.467 e. The van der Waals surface area contributed by atoms with Gasteiger partial charge in [0.15, 0.2) is 31.1 Å². The monoisotopic (exact) mass is 1220 g/mol. The molecule has 8 rings (SSSR count). The maximum Gasteiger partial charge on any atom is 0.337 e. The molecular formula is C63H100O23. The molecule has 3 aliphatic heterocycles. The first kappa shape index (κ1) is 68.9. The maximum absolute atomic E-state index is 14.1. The molecule has 5 aliphatic carbocycles. The third-order valence-electron chi connectivity index (χ3n) is 22.5. The van der Waals surface area contributed by atoms with Crippen LogP contribution in [0.5, 0.6) is 0 Å². The van der Waals surface area contributed by atoms with Crippen LogP contribution < -0.4 is 0 Å². The number of esters is 3. The van der Waals surface area contributed by atoms with Gasteiger partial charge in [0.05, 0.1) is 56.6 Å². The lowest BCUT2D eigenvalue weighted by atomic mass is 9.32. The number of carbonyl (C=O) groups is 3. The maximum atomic E-state index is 14.1. The van der Waals surface area contributed by atoms with Crippen LogP contribution in [0, 0.1) is 56.2 Å². The highest BCUT2D eigenvalue weighted by molar-refractivity contribution is 5.83. The highest BCUT2D eigenvalue weighted by atomic mass is 16.8. The Morgan fingerprint density at radius 2 is 1.31 bits per heavy atom. The van der Waals surface area contributed by atoms with E-state index in [1.54, 1.807) is 6.92 Å². The summed E-state index contributed by atoms with van der Waals surface area (Å²) in [6.45, 7) is 21.6. The fourth-order valence-electron chi connectivity index (χ4n) is 17.1. The van der Waals surface area contributed by atoms with E-state index in [0.29, 0.717) is 51.4 Å². The number of allylic oxidation sites excluding steroid dienone is 4. The molecular weight excluding hydrogens is 1120 g/mol. The Balaban J connectivity index is 1.12. The number of ether oxygens (including phenoxy) is 9. The molecule has 0 aromatic carbocycles. The quantitative estimate of drug-likeness (QED) is 0.0308. The van der Waals surface area contributed by atoms with Crippen LogP contribution >= 0.6 is 0 Å². The van der Waals surface area contributed by atoms with E-state index in [1.165, 1.54) is 6.08 Å². The number of fused-ring (bicyclic) bond motifs is 7. The second-order valence-electron chi connectivity index (χ2n) is 28.4. The van der Waals surface area contributed by atoms with Crippen molar-refractivity contribution < 1.29 is 113 Å². The van der Waals surface area contributed by atoms with Crippen molar-refractivity contribution >= 4 is 17.9 Å². The lowest BCUT2D eigenvalue weighted by Crippen LogP contribution is -2.76. The van der Waals surface area contributed by atoms with Gasteiger partial charge in [-0.15, -0.1) is 0 Å². The van der Waals surface area contributed by atoms with Gasteiger partial charge in [-0.25, -0.2) is 9.59 Å². The molecule has 0 amide bonds. The van der Waals surface area contributed by atoms with Gasteiger partial charge in [0.2, 0.25) is 0 Å². The van der Waals surface area contributed by atoms with Gasteiger partial charge in [-0.1, -0.05) is 91.2 Å². The van der Waals surface area contributed by atoms with Gasteiger partial charge in [-0.2, -0.15) is 0 Å². The molecule has 0 aromatic rings. The summed E-state index contributed by atoms with van der Waals surface area (Å²) in [6, 6.07) is 0. The second kappa shape index (κ2) is 25.9. The Hall–Kier alpha value is -3.05. The van der Waals surface area contributed by atoms with Gasteiger partial charge in [-0.05, 0) is 113 Å². The summed E-state index contributed by atoms with van der Waals surface area (Å²) in [7, 11) is 1.07. The fourth-order valence-corrected chi connectivity index (χ4v) is 17.1. The van der Waals surface area contributed by atoms with Crippen LogP contribution in [0.3, 0.4) is 0 Å². The molecule has 23 heteroatoms. The standard InChI is InChI=1S/C63H100O23/c1-14-31(5)53(76)86-52-51(82-39(67)24-30(4)17-15-16-29(2)3)58(6,7)25-33-32-18-19-37-60(10)22-21-38(59(8,9)36(60)20-23-61(37,11)62(32,12)49(74)50(75)63(33,52)28-66)81-57-47(84-56-44(72)42(70)40(68)34(26-64)79-56)45(73)46(48(85-57)54(77)78-13)83-55-43(71)41(69)35(27-65)80-55/h16,18,24,31,33-38,40-52,55-57,64-66,68-75H,14-15,17,19-23,25-28H2,1-13H3/b30-24+/t31?,33-,34+,35-,36?,37+,38-,40+,41-,42-,43+,44+,45-,46-,47+,48-,49-,50+,51-,52-,55-,56-,57+,60-,61+,62-,63-/m0/s1. The summed E-state index contributed by atoms with van der Waals surface area (Å²) in [5.74, 6) is -3.75. The van der Waals surface area contributed by atoms with E-state index < -0.39 is 199 Å². The lowest BCUT2D eigenvalue weighted by molar-refractivity contribution is -0.383. The molecule has 11 N–H and O–H groups in total. The molecule has 3 heterocycles. The Labute approximate surface area is 504 Å². The first-order valence-electron chi connectivity index (χ1n) is 30.9. The van der Waals surface area contributed by atoms with E-state index in [-0.39, 0.29) is 11.8 Å². The van der Waals surface area contributed by atoms with Crippen molar-refractivity contribution in [3.05, 3.63) is 34.9 Å². The summed E-state index contributed by atoms with van der Waals surface area (Å²) in [5, 5.41) is 125. The van der Waals surface area contributed by atoms with Crippen molar-refractivity contribution in [3.63, 3.8) is 0 Å². The third kappa shape index (κ3) is 11.6. The van der Waals surface area contributed by atoms with Crippen LogP contribution in [0.4, 0.5) is 0 Å².